The van der Waals surface area contributed by atoms with E-state index in [1.54, 1.807) is 0 Å². The Morgan fingerprint density at radius 1 is 0.818 bits per heavy atom. The number of allylic oxidation sites excluding steroid dienone is 4. The molecular formula is C21H40Y-2. The van der Waals surface area contributed by atoms with Gasteiger partial charge in [0.2, 0.25) is 0 Å². The largest absolute Gasteiger partial charge is 0.343 e. The molecule has 0 fully saturated rings. The molecule has 0 saturated heterocycles. The van der Waals surface area contributed by atoms with Gasteiger partial charge >= 0.3 is 0 Å². The zero-order valence-electron chi connectivity index (χ0n) is 15.7. The van der Waals surface area contributed by atoms with Crippen LogP contribution in [0.1, 0.15) is 91.4 Å². The third-order valence-electron chi connectivity index (χ3n) is 3.28. The molecule has 0 bridgehead atoms. The summed E-state index contributed by atoms with van der Waals surface area (Å²) < 4.78 is 0. The minimum Gasteiger partial charge on any atom is -0.343 e. The van der Waals surface area contributed by atoms with Crippen molar-refractivity contribution >= 4 is 0 Å². The second kappa shape index (κ2) is 26.5. The standard InChI is InChI=1S/C13H23.C8H17.Y/c1-4-5-6-7-8-9-10-11-12-13(2)3;1-3-5-7-8-6-4-2;/h5-6,8-9,13H,1,4,7,10-12H2,2-3H3;1,3-8H2,2H3;/q2*-1;/b6-5-,9-8-;;. The molecule has 0 amide bonds. The van der Waals surface area contributed by atoms with Gasteiger partial charge in [0.25, 0.3) is 0 Å². The minimum atomic E-state index is 0. The van der Waals surface area contributed by atoms with Crippen molar-refractivity contribution in [3.63, 3.8) is 0 Å². The summed E-state index contributed by atoms with van der Waals surface area (Å²) in [7, 11) is 0. The molecule has 0 unspecified atom stereocenters. The zero-order chi connectivity index (χ0) is 16.2. The second-order valence-electron chi connectivity index (χ2n) is 6.06. The molecule has 0 aliphatic carbocycles. The van der Waals surface area contributed by atoms with Crippen LogP contribution in [0.2, 0.25) is 0 Å². The van der Waals surface area contributed by atoms with Gasteiger partial charge in [0, 0.05) is 32.7 Å². The first kappa shape index (κ1) is 27.4. The zero-order valence-corrected chi connectivity index (χ0v) is 18.5. The van der Waals surface area contributed by atoms with Gasteiger partial charge in [0.15, 0.2) is 0 Å². The van der Waals surface area contributed by atoms with E-state index in [9.17, 15) is 0 Å². The maximum Gasteiger partial charge on any atom is 0 e. The number of hydrogen-bond donors (Lipinski definition) is 0. The van der Waals surface area contributed by atoms with E-state index in [-0.39, 0.29) is 32.7 Å². The van der Waals surface area contributed by atoms with Crippen molar-refractivity contribution in [2.24, 2.45) is 5.92 Å². The van der Waals surface area contributed by atoms with Crippen LogP contribution >= 0.6 is 0 Å². The molecule has 0 aliphatic heterocycles. The molecule has 0 aromatic heterocycles. The molecule has 0 nitrogen and oxygen atoms in total. The molecule has 0 aliphatic rings. The van der Waals surface area contributed by atoms with Crippen molar-refractivity contribution in [1.29, 1.82) is 0 Å². The van der Waals surface area contributed by atoms with Crippen molar-refractivity contribution in [3.8, 4) is 0 Å². The van der Waals surface area contributed by atoms with Gasteiger partial charge in [-0.2, -0.15) is 12.8 Å². The second-order valence-corrected chi connectivity index (χ2v) is 6.06. The van der Waals surface area contributed by atoms with Crippen molar-refractivity contribution in [2.75, 3.05) is 0 Å². The first-order valence-electron chi connectivity index (χ1n) is 9.07. The molecule has 0 rings (SSSR count). The van der Waals surface area contributed by atoms with Crippen LogP contribution in [-0.4, -0.2) is 0 Å². The predicted molar refractivity (Wildman–Crippen MR) is 100 cm³/mol. The van der Waals surface area contributed by atoms with Gasteiger partial charge < -0.3 is 13.8 Å². The van der Waals surface area contributed by atoms with E-state index in [0.717, 1.165) is 25.2 Å². The topological polar surface area (TPSA) is 0 Å². The van der Waals surface area contributed by atoms with Crippen LogP contribution in [0.5, 0.6) is 0 Å². The normalized spacial score (nSPS) is 10.8. The Labute approximate surface area is 167 Å². The van der Waals surface area contributed by atoms with Crippen LogP contribution in [-0.2, 0) is 32.7 Å². The van der Waals surface area contributed by atoms with Crippen molar-refractivity contribution in [3.05, 3.63) is 38.2 Å². The van der Waals surface area contributed by atoms with E-state index in [4.69, 9.17) is 0 Å². The number of hydrogen-bond acceptors (Lipinski definition) is 0. The quantitative estimate of drug-likeness (QED) is 0.184. The summed E-state index contributed by atoms with van der Waals surface area (Å²) in [6, 6.07) is 0. The van der Waals surface area contributed by atoms with Gasteiger partial charge in [0.1, 0.15) is 0 Å². The van der Waals surface area contributed by atoms with E-state index in [1.807, 2.05) is 0 Å². The van der Waals surface area contributed by atoms with Gasteiger partial charge in [-0.1, -0.05) is 77.5 Å². The average molecular weight is 381 g/mol. The van der Waals surface area contributed by atoms with Gasteiger partial charge in [-0.05, 0) is 25.2 Å². The average Bonchev–Trinajstić information content (AvgIpc) is 2.47. The summed E-state index contributed by atoms with van der Waals surface area (Å²) in [4.78, 5) is 0. The summed E-state index contributed by atoms with van der Waals surface area (Å²) in [5.74, 6) is 0.847. The van der Waals surface area contributed by atoms with E-state index in [0.29, 0.717) is 0 Å². The van der Waals surface area contributed by atoms with Crippen LogP contribution in [0.15, 0.2) is 24.3 Å². The van der Waals surface area contributed by atoms with E-state index in [1.165, 1.54) is 51.4 Å². The van der Waals surface area contributed by atoms with Crippen LogP contribution in [0.25, 0.3) is 0 Å². The number of unbranched alkanes of at least 4 members (excludes halogenated alkanes) is 6. The van der Waals surface area contributed by atoms with Crippen LogP contribution in [0, 0.1) is 19.8 Å². The monoisotopic (exact) mass is 381 g/mol. The van der Waals surface area contributed by atoms with Crippen LogP contribution in [0.4, 0.5) is 0 Å². The maximum absolute atomic E-state index is 3.78. The van der Waals surface area contributed by atoms with Crippen molar-refractivity contribution in [2.45, 2.75) is 91.4 Å². The van der Waals surface area contributed by atoms with Gasteiger partial charge in [-0.3, -0.25) is 0 Å². The number of rotatable bonds is 12. The molecule has 129 valence electrons. The first-order chi connectivity index (χ1) is 10.2. The smallest absolute Gasteiger partial charge is 0 e. The Morgan fingerprint density at radius 3 is 2.00 bits per heavy atom. The summed E-state index contributed by atoms with van der Waals surface area (Å²) in [6.07, 6.45) is 22.7. The third kappa shape index (κ3) is 32.5. The fraction of sp³-hybridized carbons (Fsp3) is 0.714. The summed E-state index contributed by atoms with van der Waals surface area (Å²) in [6.45, 7) is 14.3. The minimum absolute atomic E-state index is 0. The fourth-order valence-corrected chi connectivity index (χ4v) is 1.93. The molecule has 22 heavy (non-hydrogen) atoms. The molecule has 1 radical (unpaired) electrons. The van der Waals surface area contributed by atoms with E-state index >= 15 is 0 Å². The predicted octanol–water partition coefficient (Wildman–Crippen LogP) is 7.72. The molecular weight excluding hydrogens is 341 g/mol. The molecule has 0 N–H and O–H groups in total. The van der Waals surface area contributed by atoms with Crippen LogP contribution in [0.3, 0.4) is 0 Å². The molecule has 0 atom stereocenters. The molecule has 1 heteroatoms. The third-order valence-corrected chi connectivity index (χ3v) is 3.28. The maximum atomic E-state index is 3.78. The van der Waals surface area contributed by atoms with Crippen molar-refractivity contribution < 1.29 is 32.7 Å². The van der Waals surface area contributed by atoms with Gasteiger partial charge in [0.05, 0.1) is 0 Å². The molecule has 0 saturated carbocycles. The van der Waals surface area contributed by atoms with Crippen LogP contribution < -0.4 is 0 Å². The molecule has 0 spiro atoms. The SMILES string of the molecule is [CH2-]C/C=C\C/C=C\CCCC(C)C.[CH2-]CCCCCCC.[Y]. The van der Waals surface area contributed by atoms with E-state index < -0.39 is 0 Å². The Hall–Kier alpha value is 0.584. The fourth-order valence-electron chi connectivity index (χ4n) is 1.93. The van der Waals surface area contributed by atoms with Crippen molar-refractivity contribution in [1.82, 2.24) is 0 Å². The summed E-state index contributed by atoms with van der Waals surface area (Å²) >= 11 is 0. The first-order valence-corrected chi connectivity index (χ1v) is 9.07. The summed E-state index contributed by atoms with van der Waals surface area (Å²) in [5.41, 5.74) is 0. The molecule has 0 aromatic carbocycles. The Bertz CT molecular complexity index is 210. The van der Waals surface area contributed by atoms with Gasteiger partial charge in [-0.15, -0.1) is 6.08 Å². The Balaban J connectivity index is -0.000000348. The van der Waals surface area contributed by atoms with E-state index in [2.05, 4.69) is 58.9 Å². The molecule has 0 aromatic rings. The Morgan fingerprint density at radius 2 is 1.45 bits per heavy atom. The Kier molecular flexibility index (Phi) is 33.0. The molecule has 0 heterocycles. The summed E-state index contributed by atoms with van der Waals surface area (Å²) in [5, 5.41) is 0. The van der Waals surface area contributed by atoms with Gasteiger partial charge in [-0.25, -0.2) is 0 Å².